The summed E-state index contributed by atoms with van der Waals surface area (Å²) in [5.41, 5.74) is -0.345. The zero-order chi connectivity index (χ0) is 9.30. The Bertz CT molecular complexity index is 278. The minimum absolute atomic E-state index is 0.0769. The monoisotopic (exact) mass is 212 g/mol. The van der Waals surface area contributed by atoms with Crippen LogP contribution in [0.3, 0.4) is 0 Å². The molecule has 1 aromatic rings. The smallest absolute Gasteiger partial charge is 0.264 e. The molecular formula is C7H4Cl2F2O. The number of hydrogen-bond donors (Lipinski definition) is 1. The van der Waals surface area contributed by atoms with E-state index < -0.39 is 12.2 Å². The van der Waals surface area contributed by atoms with Gasteiger partial charge in [-0.05, 0) is 12.1 Å². The number of phenols is 1. The van der Waals surface area contributed by atoms with Crippen LogP contribution in [-0.2, 0) is 0 Å². The maximum atomic E-state index is 12.0. The van der Waals surface area contributed by atoms with Gasteiger partial charge in [-0.1, -0.05) is 23.2 Å². The molecule has 0 spiro atoms. The van der Waals surface area contributed by atoms with Crippen LogP contribution in [0.5, 0.6) is 5.75 Å². The van der Waals surface area contributed by atoms with Gasteiger partial charge in [0.15, 0.2) is 0 Å². The highest BCUT2D eigenvalue weighted by atomic mass is 35.5. The van der Waals surface area contributed by atoms with E-state index in [2.05, 4.69) is 0 Å². The molecule has 1 N–H and O–H groups in total. The van der Waals surface area contributed by atoms with E-state index in [9.17, 15) is 8.78 Å². The first-order chi connectivity index (χ1) is 5.52. The fraction of sp³-hybridized carbons (Fsp3) is 0.143. The second-order valence-electron chi connectivity index (χ2n) is 2.14. The Kier molecular flexibility index (Phi) is 2.75. The van der Waals surface area contributed by atoms with Crippen LogP contribution in [0.25, 0.3) is 0 Å². The second-order valence-corrected chi connectivity index (χ2v) is 2.92. The number of hydrogen-bond acceptors (Lipinski definition) is 1. The molecule has 0 radical (unpaired) electrons. The number of aromatic hydroxyl groups is 1. The van der Waals surface area contributed by atoms with Crippen LogP contribution in [-0.4, -0.2) is 5.11 Å². The summed E-state index contributed by atoms with van der Waals surface area (Å²) < 4.78 is 24.1. The summed E-state index contributed by atoms with van der Waals surface area (Å²) in [5.74, 6) is -0.431. The third-order valence-electron chi connectivity index (χ3n) is 1.28. The lowest BCUT2D eigenvalue weighted by Gasteiger charge is -2.03. The molecule has 1 aromatic carbocycles. The van der Waals surface area contributed by atoms with Crippen molar-refractivity contribution < 1.29 is 13.9 Å². The summed E-state index contributed by atoms with van der Waals surface area (Å²) in [6, 6.07) is 1.91. The molecule has 0 bridgehead atoms. The van der Waals surface area contributed by atoms with Gasteiger partial charge in [0.1, 0.15) is 10.8 Å². The van der Waals surface area contributed by atoms with Crippen molar-refractivity contribution in [3.63, 3.8) is 0 Å². The summed E-state index contributed by atoms with van der Waals surface area (Å²) in [6.07, 6.45) is -2.66. The van der Waals surface area contributed by atoms with E-state index in [0.29, 0.717) is 0 Å². The molecule has 0 heterocycles. The van der Waals surface area contributed by atoms with E-state index in [4.69, 9.17) is 28.3 Å². The van der Waals surface area contributed by atoms with Gasteiger partial charge in [-0.25, -0.2) is 8.78 Å². The fourth-order valence-electron chi connectivity index (χ4n) is 0.721. The van der Waals surface area contributed by atoms with Gasteiger partial charge in [0.2, 0.25) is 0 Å². The molecule has 0 unspecified atom stereocenters. The zero-order valence-electron chi connectivity index (χ0n) is 5.69. The Morgan fingerprint density at radius 1 is 1.25 bits per heavy atom. The highest BCUT2D eigenvalue weighted by Crippen LogP contribution is 2.35. The third kappa shape index (κ3) is 1.79. The van der Waals surface area contributed by atoms with Crippen LogP contribution in [0.1, 0.15) is 12.0 Å². The van der Waals surface area contributed by atoms with Crippen molar-refractivity contribution in [3.8, 4) is 5.75 Å². The molecule has 5 heteroatoms. The van der Waals surface area contributed by atoms with E-state index in [1.54, 1.807) is 0 Å². The van der Waals surface area contributed by atoms with Crippen LogP contribution in [0.2, 0.25) is 10.0 Å². The Morgan fingerprint density at radius 2 is 1.83 bits per heavy atom. The van der Waals surface area contributed by atoms with Gasteiger partial charge >= 0.3 is 0 Å². The van der Waals surface area contributed by atoms with Crippen molar-refractivity contribution in [3.05, 3.63) is 27.7 Å². The average Bonchev–Trinajstić information content (AvgIpc) is 1.99. The van der Waals surface area contributed by atoms with Crippen LogP contribution in [0.4, 0.5) is 8.78 Å². The van der Waals surface area contributed by atoms with Crippen molar-refractivity contribution in [2.24, 2.45) is 0 Å². The normalized spacial score (nSPS) is 10.8. The number of alkyl halides is 2. The van der Waals surface area contributed by atoms with Crippen molar-refractivity contribution in [1.82, 2.24) is 0 Å². The Labute approximate surface area is 77.5 Å². The zero-order valence-corrected chi connectivity index (χ0v) is 7.20. The molecule has 12 heavy (non-hydrogen) atoms. The van der Waals surface area contributed by atoms with Crippen molar-refractivity contribution in [2.45, 2.75) is 6.43 Å². The molecule has 0 amide bonds. The molecule has 66 valence electrons. The van der Waals surface area contributed by atoms with Crippen LogP contribution >= 0.6 is 23.2 Å². The Hall–Kier alpha value is -0.540. The lowest BCUT2D eigenvalue weighted by Crippen LogP contribution is -1.84. The largest absolute Gasteiger partial charge is 0.506 e. The average molecular weight is 213 g/mol. The predicted molar refractivity (Wildman–Crippen MR) is 43.1 cm³/mol. The van der Waals surface area contributed by atoms with E-state index in [1.807, 2.05) is 0 Å². The van der Waals surface area contributed by atoms with Crippen LogP contribution < -0.4 is 0 Å². The van der Waals surface area contributed by atoms with Gasteiger partial charge < -0.3 is 5.11 Å². The second kappa shape index (κ2) is 3.46. The van der Waals surface area contributed by atoms with E-state index in [1.165, 1.54) is 0 Å². The molecule has 0 aliphatic heterocycles. The first kappa shape index (κ1) is 9.55. The Morgan fingerprint density at radius 3 is 2.25 bits per heavy atom. The predicted octanol–water partition coefficient (Wildman–Crippen LogP) is 3.64. The summed E-state index contributed by atoms with van der Waals surface area (Å²) in [7, 11) is 0. The minimum atomic E-state index is -2.66. The summed E-state index contributed by atoms with van der Waals surface area (Å²) in [6.45, 7) is 0. The van der Waals surface area contributed by atoms with E-state index in [-0.39, 0.29) is 15.6 Å². The van der Waals surface area contributed by atoms with Crippen molar-refractivity contribution >= 4 is 23.2 Å². The molecule has 0 aromatic heterocycles. The van der Waals surface area contributed by atoms with Gasteiger partial charge in [0.05, 0.1) is 5.02 Å². The van der Waals surface area contributed by atoms with Crippen LogP contribution in [0.15, 0.2) is 12.1 Å². The Balaban J connectivity index is 3.21. The maximum absolute atomic E-state index is 12.0. The topological polar surface area (TPSA) is 20.2 Å². The molecular weight excluding hydrogens is 209 g/mol. The summed E-state index contributed by atoms with van der Waals surface area (Å²) in [4.78, 5) is 0. The lowest BCUT2D eigenvalue weighted by atomic mass is 10.2. The van der Waals surface area contributed by atoms with Crippen molar-refractivity contribution in [1.29, 1.82) is 0 Å². The van der Waals surface area contributed by atoms with Gasteiger partial charge in [-0.2, -0.15) is 0 Å². The quantitative estimate of drug-likeness (QED) is 0.754. The van der Waals surface area contributed by atoms with Crippen molar-refractivity contribution in [2.75, 3.05) is 0 Å². The van der Waals surface area contributed by atoms with Gasteiger partial charge in [0.25, 0.3) is 6.43 Å². The molecule has 0 saturated carbocycles. The summed E-state index contributed by atoms with van der Waals surface area (Å²) >= 11 is 10.9. The maximum Gasteiger partial charge on any atom is 0.264 e. The number of phenolic OH excluding ortho intramolecular Hbond substituents is 1. The number of halogens is 4. The highest BCUT2D eigenvalue weighted by molar-refractivity contribution is 6.42. The molecule has 0 saturated heterocycles. The molecule has 1 rings (SSSR count). The highest BCUT2D eigenvalue weighted by Gasteiger charge is 2.12. The van der Waals surface area contributed by atoms with Gasteiger partial charge in [0, 0.05) is 5.56 Å². The SMILES string of the molecule is Oc1cc(C(F)F)cc(Cl)c1Cl. The standard InChI is InChI=1S/C7H4Cl2F2O/c8-4-1-3(7(10)11)2-5(12)6(4)9/h1-2,7,12H. The molecule has 0 aliphatic carbocycles. The molecule has 0 atom stereocenters. The van der Waals surface area contributed by atoms with E-state index >= 15 is 0 Å². The summed E-state index contributed by atoms with van der Waals surface area (Å²) in [5, 5.41) is 8.79. The minimum Gasteiger partial charge on any atom is -0.506 e. The van der Waals surface area contributed by atoms with Gasteiger partial charge in [-0.15, -0.1) is 0 Å². The first-order valence-corrected chi connectivity index (χ1v) is 3.74. The lowest BCUT2D eigenvalue weighted by molar-refractivity contribution is 0.151. The van der Waals surface area contributed by atoms with Crippen LogP contribution in [0, 0.1) is 0 Å². The van der Waals surface area contributed by atoms with Gasteiger partial charge in [-0.3, -0.25) is 0 Å². The fourth-order valence-corrected chi connectivity index (χ4v) is 1.05. The molecule has 1 nitrogen and oxygen atoms in total. The first-order valence-electron chi connectivity index (χ1n) is 2.98. The third-order valence-corrected chi connectivity index (χ3v) is 2.08. The molecule has 0 aliphatic rings. The molecule has 0 fully saturated rings. The number of benzene rings is 1. The van der Waals surface area contributed by atoms with E-state index in [0.717, 1.165) is 12.1 Å². The number of rotatable bonds is 1.